The number of anilines is 1. The smallest absolute Gasteiger partial charge is 0.170 e. The van der Waals surface area contributed by atoms with Crippen molar-refractivity contribution in [3.05, 3.63) is 23.8 Å². The number of nitrogens with two attached hydrogens (primary N) is 1. The first-order chi connectivity index (χ1) is 9.10. The average Bonchev–Trinajstić information content (AvgIpc) is 2.76. The molecule has 19 heavy (non-hydrogen) atoms. The Morgan fingerprint density at radius 3 is 2.47 bits per heavy atom. The fourth-order valence-corrected chi connectivity index (χ4v) is 1.83. The number of nitriles is 1. The predicted molar refractivity (Wildman–Crippen MR) is 70.9 cm³/mol. The van der Waals surface area contributed by atoms with Crippen LogP contribution in [0.2, 0.25) is 0 Å². The lowest BCUT2D eigenvalue weighted by Crippen LogP contribution is -1.97. The number of aromatic nitrogens is 2. The molecule has 0 radical (unpaired) electrons. The Balaban J connectivity index is 2.70. The summed E-state index contributed by atoms with van der Waals surface area (Å²) in [5.41, 5.74) is 7.55. The Bertz CT molecular complexity index is 636. The molecular formula is C13H14N4O2. The second-order valence-corrected chi connectivity index (χ2v) is 3.95. The molecule has 2 N–H and O–H groups in total. The van der Waals surface area contributed by atoms with E-state index in [4.69, 9.17) is 20.5 Å². The van der Waals surface area contributed by atoms with Crippen LogP contribution in [0, 0.1) is 11.3 Å². The zero-order chi connectivity index (χ0) is 14.0. The third-order valence-electron chi connectivity index (χ3n) is 2.80. The van der Waals surface area contributed by atoms with Gasteiger partial charge in [0, 0.05) is 24.7 Å². The van der Waals surface area contributed by atoms with Crippen molar-refractivity contribution in [1.82, 2.24) is 9.78 Å². The van der Waals surface area contributed by atoms with Gasteiger partial charge in [-0.15, -0.1) is 0 Å². The molecule has 0 unspecified atom stereocenters. The van der Waals surface area contributed by atoms with E-state index in [9.17, 15) is 0 Å². The third kappa shape index (κ3) is 2.18. The number of hydrogen-bond donors (Lipinski definition) is 1. The molecule has 6 nitrogen and oxygen atoms in total. The van der Waals surface area contributed by atoms with E-state index in [0.717, 1.165) is 0 Å². The molecule has 2 aromatic rings. The second kappa shape index (κ2) is 4.90. The van der Waals surface area contributed by atoms with Crippen molar-refractivity contribution in [2.24, 2.45) is 7.05 Å². The van der Waals surface area contributed by atoms with Crippen LogP contribution in [0.1, 0.15) is 5.56 Å². The Morgan fingerprint density at radius 2 is 2.00 bits per heavy atom. The molecule has 0 aliphatic carbocycles. The zero-order valence-corrected chi connectivity index (χ0v) is 11.0. The normalized spacial score (nSPS) is 10.0. The third-order valence-corrected chi connectivity index (χ3v) is 2.80. The van der Waals surface area contributed by atoms with Crippen molar-refractivity contribution < 1.29 is 9.47 Å². The first-order valence-electron chi connectivity index (χ1n) is 5.56. The minimum Gasteiger partial charge on any atom is -0.493 e. The van der Waals surface area contributed by atoms with E-state index in [1.807, 2.05) is 0 Å². The number of methoxy groups -OCH3 is 2. The van der Waals surface area contributed by atoms with E-state index >= 15 is 0 Å². The molecule has 98 valence electrons. The molecule has 0 saturated carbocycles. The van der Waals surface area contributed by atoms with Gasteiger partial charge in [0.25, 0.3) is 0 Å². The number of ether oxygens (including phenoxy) is 2. The Morgan fingerprint density at radius 1 is 1.26 bits per heavy atom. The summed E-state index contributed by atoms with van der Waals surface area (Å²) in [6.45, 7) is 0. The van der Waals surface area contributed by atoms with Crippen LogP contribution in [-0.2, 0) is 7.05 Å². The topological polar surface area (TPSA) is 86.1 Å². The molecule has 0 atom stereocenters. The number of hydrogen-bond acceptors (Lipinski definition) is 5. The number of benzene rings is 1. The van der Waals surface area contributed by atoms with Gasteiger partial charge in [0.1, 0.15) is 5.82 Å². The van der Waals surface area contributed by atoms with Crippen molar-refractivity contribution in [3.8, 4) is 28.8 Å². The van der Waals surface area contributed by atoms with Crippen LogP contribution < -0.4 is 15.2 Å². The van der Waals surface area contributed by atoms with Crippen molar-refractivity contribution in [2.45, 2.75) is 0 Å². The van der Waals surface area contributed by atoms with Crippen molar-refractivity contribution in [1.29, 1.82) is 5.26 Å². The van der Waals surface area contributed by atoms with Crippen LogP contribution in [-0.4, -0.2) is 24.0 Å². The maximum Gasteiger partial charge on any atom is 0.170 e. The standard InChI is InChI=1S/C13H14N4O2/c1-17-12(15)6-10(16-17)9-4-8(7-14)5-11(18-2)13(9)19-3/h4-6H,15H2,1-3H3. The van der Waals surface area contributed by atoms with E-state index in [1.165, 1.54) is 7.11 Å². The number of nitrogens with zero attached hydrogens (tertiary/aromatic N) is 3. The molecule has 0 saturated heterocycles. The van der Waals surface area contributed by atoms with Gasteiger partial charge in [-0.05, 0) is 6.07 Å². The molecular weight excluding hydrogens is 244 g/mol. The Labute approximate surface area is 111 Å². The van der Waals surface area contributed by atoms with Crippen molar-refractivity contribution in [2.75, 3.05) is 20.0 Å². The Hall–Kier alpha value is -2.68. The van der Waals surface area contributed by atoms with Crippen LogP contribution >= 0.6 is 0 Å². The molecule has 1 aromatic heterocycles. The summed E-state index contributed by atoms with van der Waals surface area (Å²) in [6.07, 6.45) is 0. The summed E-state index contributed by atoms with van der Waals surface area (Å²) >= 11 is 0. The molecule has 0 amide bonds. The maximum absolute atomic E-state index is 9.06. The molecule has 0 aliphatic rings. The molecule has 1 heterocycles. The van der Waals surface area contributed by atoms with Gasteiger partial charge in [-0.1, -0.05) is 0 Å². The summed E-state index contributed by atoms with van der Waals surface area (Å²) in [5, 5.41) is 13.3. The van der Waals surface area contributed by atoms with Gasteiger partial charge in [-0.2, -0.15) is 10.4 Å². The van der Waals surface area contributed by atoms with Gasteiger partial charge in [-0.3, -0.25) is 4.68 Å². The largest absolute Gasteiger partial charge is 0.493 e. The first kappa shape index (κ1) is 12.8. The number of nitrogen functional groups attached to an aromatic ring is 1. The fourth-order valence-electron chi connectivity index (χ4n) is 1.83. The van der Waals surface area contributed by atoms with Crippen LogP contribution in [0.4, 0.5) is 5.82 Å². The molecule has 2 rings (SSSR count). The highest BCUT2D eigenvalue weighted by atomic mass is 16.5. The van der Waals surface area contributed by atoms with Gasteiger partial charge in [0.15, 0.2) is 11.5 Å². The van der Waals surface area contributed by atoms with Crippen LogP contribution in [0.15, 0.2) is 18.2 Å². The van der Waals surface area contributed by atoms with Crippen LogP contribution in [0.3, 0.4) is 0 Å². The monoisotopic (exact) mass is 258 g/mol. The fraction of sp³-hybridized carbons (Fsp3) is 0.231. The predicted octanol–water partition coefficient (Wildman–Crippen LogP) is 1.56. The van der Waals surface area contributed by atoms with Crippen LogP contribution in [0.25, 0.3) is 11.3 Å². The van der Waals surface area contributed by atoms with Gasteiger partial charge in [-0.25, -0.2) is 0 Å². The van der Waals surface area contributed by atoms with E-state index in [1.54, 1.807) is 37.0 Å². The summed E-state index contributed by atoms with van der Waals surface area (Å²) in [7, 11) is 4.81. The van der Waals surface area contributed by atoms with Gasteiger partial charge >= 0.3 is 0 Å². The van der Waals surface area contributed by atoms with E-state index < -0.39 is 0 Å². The van der Waals surface area contributed by atoms with E-state index in [-0.39, 0.29) is 0 Å². The lowest BCUT2D eigenvalue weighted by molar-refractivity contribution is 0.356. The highest BCUT2D eigenvalue weighted by Crippen LogP contribution is 2.38. The molecule has 1 aromatic carbocycles. The molecule has 0 bridgehead atoms. The molecule has 0 spiro atoms. The molecule has 6 heteroatoms. The van der Waals surface area contributed by atoms with Gasteiger partial charge in [0.2, 0.25) is 0 Å². The summed E-state index contributed by atoms with van der Waals surface area (Å²) in [4.78, 5) is 0. The van der Waals surface area contributed by atoms with Crippen molar-refractivity contribution in [3.63, 3.8) is 0 Å². The summed E-state index contributed by atoms with van der Waals surface area (Å²) < 4.78 is 12.1. The minimum absolute atomic E-state index is 0.469. The van der Waals surface area contributed by atoms with Gasteiger partial charge < -0.3 is 15.2 Å². The molecule has 0 fully saturated rings. The van der Waals surface area contributed by atoms with E-state index in [2.05, 4.69) is 11.2 Å². The highest BCUT2D eigenvalue weighted by molar-refractivity contribution is 5.74. The van der Waals surface area contributed by atoms with Crippen molar-refractivity contribution >= 4 is 5.82 Å². The minimum atomic E-state index is 0.469. The SMILES string of the molecule is COc1cc(C#N)cc(-c2cc(N)n(C)n2)c1OC. The van der Waals surface area contributed by atoms with Gasteiger partial charge in [0.05, 0.1) is 31.5 Å². The number of aryl methyl sites for hydroxylation is 1. The summed E-state index contributed by atoms with van der Waals surface area (Å²) in [5.74, 6) is 1.54. The lowest BCUT2D eigenvalue weighted by atomic mass is 10.1. The highest BCUT2D eigenvalue weighted by Gasteiger charge is 2.16. The number of rotatable bonds is 3. The second-order valence-electron chi connectivity index (χ2n) is 3.95. The summed E-state index contributed by atoms with van der Waals surface area (Å²) in [6, 6.07) is 7.12. The average molecular weight is 258 g/mol. The first-order valence-corrected chi connectivity index (χ1v) is 5.56. The zero-order valence-electron chi connectivity index (χ0n) is 11.0. The Kier molecular flexibility index (Phi) is 3.29. The van der Waals surface area contributed by atoms with Crippen LogP contribution in [0.5, 0.6) is 11.5 Å². The lowest BCUT2D eigenvalue weighted by Gasteiger charge is -2.11. The quantitative estimate of drug-likeness (QED) is 0.902. The molecule has 0 aliphatic heterocycles. The van der Waals surface area contributed by atoms with E-state index in [0.29, 0.717) is 34.1 Å². The maximum atomic E-state index is 9.06.